The molecule has 5 heteroatoms. The topological polar surface area (TPSA) is 39.7 Å². The number of nitrogens with zero attached hydrogens (tertiary/aromatic N) is 2. The van der Waals surface area contributed by atoms with Crippen molar-refractivity contribution < 1.29 is 0 Å². The minimum atomic E-state index is 0.823. The van der Waals surface area contributed by atoms with E-state index in [4.69, 9.17) is 11.6 Å². The van der Waals surface area contributed by atoms with Gasteiger partial charge in [-0.25, -0.2) is 0 Å². The fourth-order valence-electron chi connectivity index (χ4n) is 1.94. The van der Waals surface area contributed by atoms with Crippen molar-refractivity contribution in [1.29, 1.82) is 0 Å². The van der Waals surface area contributed by atoms with E-state index in [0.29, 0.717) is 0 Å². The second-order valence-electron chi connectivity index (χ2n) is 5.19. The van der Waals surface area contributed by atoms with Crippen LogP contribution in [0.15, 0.2) is 29.3 Å². The third kappa shape index (κ3) is 7.93. The Morgan fingerprint density at radius 2 is 2.00 bits per heavy atom. The molecule has 2 N–H and O–H groups in total. The highest BCUT2D eigenvalue weighted by molar-refractivity contribution is 6.31. The van der Waals surface area contributed by atoms with Crippen LogP contribution < -0.4 is 10.6 Å². The van der Waals surface area contributed by atoms with E-state index in [2.05, 4.69) is 47.6 Å². The molecule has 0 fully saturated rings. The zero-order valence-electron chi connectivity index (χ0n) is 13.3. The van der Waals surface area contributed by atoms with E-state index in [-0.39, 0.29) is 0 Å². The highest BCUT2D eigenvalue weighted by Gasteiger charge is 2.00. The van der Waals surface area contributed by atoms with Crippen molar-refractivity contribution >= 4 is 17.6 Å². The summed E-state index contributed by atoms with van der Waals surface area (Å²) in [5.41, 5.74) is 1.16. The smallest absolute Gasteiger partial charge is 0.191 e. The molecule has 0 unspecified atom stereocenters. The predicted octanol–water partition coefficient (Wildman–Crippen LogP) is 2.39. The Kier molecular flexibility index (Phi) is 8.87. The first kappa shape index (κ1) is 17.8. The summed E-state index contributed by atoms with van der Waals surface area (Å²) in [6, 6.07) is 7.96. The Morgan fingerprint density at radius 1 is 1.24 bits per heavy atom. The van der Waals surface area contributed by atoms with Gasteiger partial charge in [-0.1, -0.05) is 29.8 Å². The van der Waals surface area contributed by atoms with Gasteiger partial charge in [-0.3, -0.25) is 4.99 Å². The average molecular weight is 311 g/mol. The van der Waals surface area contributed by atoms with Crippen LogP contribution in [0.1, 0.15) is 18.9 Å². The van der Waals surface area contributed by atoms with Crippen LogP contribution >= 0.6 is 11.6 Å². The summed E-state index contributed by atoms with van der Waals surface area (Å²) in [7, 11) is 4.16. The molecule has 118 valence electrons. The molecule has 1 aromatic carbocycles. The van der Waals surface area contributed by atoms with Gasteiger partial charge in [-0.05, 0) is 52.0 Å². The van der Waals surface area contributed by atoms with Gasteiger partial charge in [0.25, 0.3) is 0 Å². The van der Waals surface area contributed by atoms with Crippen molar-refractivity contribution in [3.05, 3.63) is 34.9 Å². The summed E-state index contributed by atoms with van der Waals surface area (Å²) in [6.07, 6.45) is 1.95. The summed E-state index contributed by atoms with van der Waals surface area (Å²) in [5.74, 6) is 0.878. The Morgan fingerprint density at radius 3 is 2.67 bits per heavy atom. The third-order valence-corrected chi connectivity index (χ3v) is 3.39. The Balaban J connectivity index is 2.36. The number of halogens is 1. The molecule has 0 bridgehead atoms. The molecule has 0 amide bonds. The number of aliphatic imine (C=N–C) groups is 1. The van der Waals surface area contributed by atoms with Crippen LogP contribution in [0, 0.1) is 0 Å². The number of benzene rings is 1. The van der Waals surface area contributed by atoms with Crippen LogP contribution in [0.25, 0.3) is 0 Å². The second kappa shape index (κ2) is 10.5. The second-order valence-corrected chi connectivity index (χ2v) is 5.59. The maximum Gasteiger partial charge on any atom is 0.191 e. The van der Waals surface area contributed by atoms with Gasteiger partial charge in [0, 0.05) is 24.7 Å². The first-order chi connectivity index (χ1) is 10.1. The fraction of sp³-hybridized carbons (Fsp3) is 0.562. The summed E-state index contributed by atoms with van der Waals surface area (Å²) in [4.78, 5) is 6.75. The van der Waals surface area contributed by atoms with E-state index in [1.54, 1.807) is 0 Å². The molecule has 1 rings (SSSR count). The molecule has 1 aromatic rings. The van der Waals surface area contributed by atoms with Crippen molar-refractivity contribution in [2.45, 2.75) is 19.8 Å². The summed E-state index contributed by atoms with van der Waals surface area (Å²) in [6.45, 7) is 5.65. The van der Waals surface area contributed by atoms with Gasteiger partial charge in [-0.15, -0.1) is 0 Å². The number of nitrogens with one attached hydrogen (secondary N) is 2. The van der Waals surface area contributed by atoms with Crippen LogP contribution in [0.4, 0.5) is 0 Å². The molecule has 0 aliphatic rings. The summed E-state index contributed by atoms with van der Waals surface area (Å²) >= 11 is 6.15. The standard InChI is InChI=1S/C16H27ClN4/c1-4-18-16(19-11-7-13-21(2)3)20-12-10-14-8-5-6-9-15(14)17/h5-6,8-9H,4,7,10-13H2,1-3H3,(H2,18,19,20). The number of hydrogen-bond acceptors (Lipinski definition) is 2. The minimum Gasteiger partial charge on any atom is -0.357 e. The molecule has 0 aromatic heterocycles. The molecule has 0 spiro atoms. The highest BCUT2D eigenvalue weighted by Crippen LogP contribution is 2.14. The molecular formula is C16H27ClN4. The van der Waals surface area contributed by atoms with Crippen molar-refractivity contribution in [1.82, 2.24) is 15.5 Å². The molecule has 0 saturated carbocycles. The molecule has 0 heterocycles. The van der Waals surface area contributed by atoms with Gasteiger partial charge in [0.1, 0.15) is 0 Å². The van der Waals surface area contributed by atoms with E-state index in [9.17, 15) is 0 Å². The largest absolute Gasteiger partial charge is 0.357 e. The van der Waals surface area contributed by atoms with Crippen molar-refractivity contribution in [2.24, 2.45) is 4.99 Å². The first-order valence-corrected chi connectivity index (χ1v) is 7.91. The lowest BCUT2D eigenvalue weighted by atomic mass is 10.1. The third-order valence-electron chi connectivity index (χ3n) is 3.02. The first-order valence-electron chi connectivity index (χ1n) is 7.53. The number of rotatable bonds is 8. The minimum absolute atomic E-state index is 0.823. The lowest BCUT2D eigenvalue weighted by Crippen LogP contribution is -2.38. The van der Waals surface area contributed by atoms with E-state index >= 15 is 0 Å². The van der Waals surface area contributed by atoms with Crippen LogP contribution in [0.2, 0.25) is 5.02 Å². The molecule has 4 nitrogen and oxygen atoms in total. The zero-order chi connectivity index (χ0) is 15.5. The molecular weight excluding hydrogens is 284 g/mol. The molecule has 0 atom stereocenters. The lowest BCUT2D eigenvalue weighted by molar-refractivity contribution is 0.403. The van der Waals surface area contributed by atoms with Gasteiger partial charge in [0.05, 0.1) is 0 Å². The maximum absolute atomic E-state index is 6.15. The predicted molar refractivity (Wildman–Crippen MR) is 92.3 cm³/mol. The summed E-state index contributed by atoms with van der Waals surface area (Å²) in [5, 5.41) is 7.44. The zero-order valence-corrected chi connectivity index (χ0v) is 14.1. The van der Waals surface area contributed by atoms with E-state index in [0.717, 1.165) is 55.6 Å². The van der Waals surface area contributed by atoms with Crippen molar-refractivity contribution in [3.63, 3.8) is 0 Å². The molecule has 0 radical (unpaired) electrons. The van der Waals surface area contributed by atoms with Crippen LogP contribution in [0.3, 0.4) is 0 Å². The van der Waals surface area contributed by atoms with Gasteiger partial charge in [0.15, 0.2) is 5.96 Å². The van der Waals surface area contributed by atoms with Crippen LogP contribution in [-0.4, -0.2) is 51.1 Å². The van der Waals surface area contributed by atoms with Gasteiger partial charge < -0.3 is 15.5 Å². The van der Waals surface area contributed by atoms with Crippen molar-refractivity contribution in [2.75, 3.05) is 40.3 Å². The number of guanidine groups is 1. The molecule has 0 aliphatic heterocycles. The normalized spacial score (nSPS) is 11.8. The molecule has 21 heavy (non-hydrogen) atoms. The fourth-order valence-corrected chi connectivity index (χ4v) is 2.17. The van der Waals surface area contributed by atoms with E-state index in [1.165, 1.54) is 0 Å². The quantitative estimate of drug-likeness (QED) is 0.440. The van der Waals surface area contributed by atoms with Crippen molar-refractivity contribution in [3.8, 4) is 0 Å². The van der Waals surface area contributed by atoms with Crippen LogP contribution in [-0.2, 0) is 6.42 Å². The summed E-state index contributed by atoms with van der Waals surface area (Å²) < 4.78 is 0. The number of hydrogen-bond donors (Lipinski definition) is 2. The van der Waals surface area contributed by atoms with E-state index < -0.39 is 0 Å². The van der Waals surface area contributed by atoms with Gasteiger partial charge in [-0.2, -0.15) is 0 Å². The van der Waals surface area contributed by atoms with Crippen LogP contribution in [0.5, 0.6) is 0 Å². The Bertz CT molecular complexity index is 432. The molecule has 0 saturated heterocycles. The SMILES string of the molecule is CCNC(=NCCCN(C)C)NCCc1ccccc1Cl. The van der Waals surface area contributed by atoms with Gasteiger partial charge >= 0.3 is 0 Å². The Hall–Kier alpha value is -1.26. The molecule has 0 aliphatic carbocycles. The highest BCUT2D eigenvalue weighted by atomic mass is 35.5. The Labute approximate surface area is 133 Å². The maximum atomic E-state index is 6.15. The average Bonchev–Trinajstić information content (AvgIpc) is 2.45. The monoisotopic (exact) mass is 310 g/mol. The van der Waals surface area contributed by atoms with Gasteiger partial charge in [0.2, 0.25) is 0 Å². The lowest BCUT2D eigenvalue weighted by Gasteiger charge is -2.12. The van der Waals surface area contributed by atoms with E-state index in [1.807, 2.05) is 18.2 Å².